The van der Waals surface area contributed by atoms with Gasteiger partial charge in [0.25, 0.3) is 0 Å². The average Bonchev–Trinajstić information content (AvgIpc) is 3.36. The number of likely N-dealkylation sites (N-methyl/N-ethyl adjacent to an activating group) is 1. The summed E-state index contributed by atoms with van der Waals surface area (Å²) < 4.78 is 12.9. The van der Waals surface area contributed by atoms with Gasteiger partial charge in [0.15, 0.2) is 7.98 Å². The molecule has 1 aromatic carbocycles. The van der Waals surface area contributed by atoms with Crippen LogP contribution in [0.3, 0.4) is 0 Å². The van der Waals surface area contributed by atoms with E-state index in [0.29, 0.717) is 18.7 Å². The molecule has 29 heavy (non-hydrogen) atoms. The van der Waals surface area contributed by atoms with Gasteiger partial charge in [-0.25, -0.2) is 0 Å². The van der Waals surface area contributed by atoms with Crippen molar-refractivity contribution in [1.82, 2.24) is 19.7 Å². The Morgan fingerprint density at radius 2 is 2.07 bits per heavy atom. The number of aromatic nitrogens is 2. The molecule has 2 aliphatic rings. The van der Waals surface area contributed by atoms with Crippen molar-refractivity contribution in [1.29, 1.82) is 0 Å². The third-order valence-electron chi connectivity index (χ3n) is 6.19. The lowest BCUT2D eigenvalue weighted by atomic mass is 10.1. The van der Waals surface area contributed by atoms with Crippen molar-refractivity contribution < 1.29 is 9.15 Å². The highest BCUT2D eigenvalue weighted by atomic mass is 79.9. The second-order valence-electron chi connectivity index (χ2n) is 8.12. The first-order valence-electron chi connectivity index (χ1n) is 10.2. The summed E-state index contributed by atoms with van der Waals surface area (Å²) in [5.74, 6) is 0.908. The molecular weight excluding hydrogens is 433 g/mol. The predicted octanol–water partition coefficient (Wildman–Crippen LogP) is 2.28. The number of furan rings is 1. The summed E-state index contributed by atoms with van der Waals surface area (Å²) in [7, 11) is 4.31. The summed E-state index contributed by atoms with van der Waals surface area (Å²) in [4.78, 5) is 16.6. The number of halogens is 1. The van der Waals surface area contributed by atoms with E-state index in [1.54, 1.807) is 6.26 Å². The molecule has 0 spiro atoms. The predicted molar refractivity (Wildman–Crippen MR) is 120 cm³/mol. The van der Waals surface area contributed by atoms with Gasteiger partial charge < -0.3 is 23.8 Å². The molecule has 2 saturated heterocycles. The lowest BCUT2D eigenvalue weighted by Gasteiger charge is -2.34. The van der Waals surface area contributed by atoms with E-state index in [-0.39, 0.29) is 0 Å². The number of ether oxygens (including phenoxy) is 1. The Hall–Kier alpha value is -1.84. The van der Waals surface area contributed by atoms with E-state index >= 15 is 0 Å². The van der Waals surface area contributed by atoms with Crippen LogP contribution in [-0.2, 0) is 0 Å². The van der Waals surface area contributed by atoms with Gasteiger partial charge in [-0.3, -0.25) is 0 Å². The highest BCUT2D eigenvalue weighted by Gasteiger charge is 2.25. The molecule has 0 radical (unpaired) electrons. The van der Waals surface area contributed by atoms with Crippen LogP contribution >= 0.6 is 15.9 Å². The van der Waals surface area contributed by atoms with Crippen LogP contribution in [0.4, 0.5) is 5.82 Å². The van der Waals surface area contributed by atoms with Crippen molar-refractivity contribution in [2.75, 3.05) is 51.3 Å². The molecule has 0 unspecified atom stereocenters. The summed E-state index contributed by atoms with van der Waals surface area (Å²) in [5, 5.41) is 2.00. The number of piperazine rings is 1. The minimum atomic E-state index is 0.431. The first-order chi connectivity index (χ1) is 14.1. The highest BCUT2D eigenvalue weighted by Crippen LogP contribution is 2.37. The minimum Gasteiger partial charge on any atom is -0.463 e. The number of nitrogens with zero attached hydrogens (tertiary/aromatic N) is 5. The second kappa shape index (κ2) is 7.77. The lowest BCUT2D eigenvalue weighted by molar-refractivity contribution is 0.188. The topological polar surface area (TPSA) is 57.9 Å². The van der Waals surface area contributed by atoms with Crippen molar-refractivity contribution >= 4 is 51.6 Å². The van der Waals surface area contributed by atoms with Crippen molar-refractivity contribution in [3.63, 3.8) is 0 Å². The molecule has 0 saturated carbocycles. The molecule has 0 bridgehead atoms. The normalized spacial score (nSPS) is 21.4. The van der Waals surface area contributed by atoms with Crippen LogP contribution in [0.1, 0.15) is 12.8 Å². The van der Waals surface area contributed by atoms with Gasteiger partial charge in [0, 0.05) is 42.1 Å². The summed E-state index contributed by atoms with van der Waals surface area (Å²) in [6.45, 7) is 5.60. The van der Waals surface area contributed by atoms with E-state index in [4.69, 9.17) is 19.1 Å². The molecule has 3 aromatic rings. The van der Waals surface area contributed by atoms with Crippen molar-refractivity contribution in [3.8, 4) is 6.01 Å². The number of anilines is 1. The Morgan fingerprint density at radius 3 is 2.83 bits per heavy atom. The lowest BCUT2D eigenvalue weighted by Crippen LogP contribution is -2.45. The van der Waals surface area contributed by atoms with Crippen LogP contribution in [0.2, 0.25) is 0 Å². The molecule has 9 heteroatoms. The molecule has 0 aliphatic carbocycles. The number of rotatable bonds is 4. The zero-order valence-corrected chi connectivity index (χ0v) is 18.5. The van der Waals surface area contributed by atoms with Crippen LogP contribution < -0.4 is 9.64 Å². The number of hydrogen-bond acceptors (Lipinski definition) is 7. The maximum absolute atomic E-state index is 6.11. The summed E-state index contributed by atoms with van der Waals surface area (Å²) in [6.07, 6.45) is 4.11. The fourth-order valence-electron chi connectivity index (χ4n) is 4.33. The largest absolute Gasteiger partial charge is 0.463 e. The van der Waals surface area contributed by atoms with Gasteiger partial charge in [-0.1, -0.05) is 0 Å². The quantitative estimate of drug-likeness (QED) is 0.557. The van der Waals surface area contributed by atoms with E-state index in [2.05, 4.69) is 45.6 Å². The molecule has 5 rings (SSSR count). The van der Waals surface area contributed by atoms with E-state index in [9.17, 15) is 0 Å². The van der Waals surface area contributed by atoms with Gasteiger partial charge in [0.2, 0.25) is 0 Å². The van der Waals surface area contributed by atoms with E-state index < -0.39 is 0 Å². The van der Waals surface area contributed by atoms with Gasteiger partial charge in [-0.05, 0) is 54.5 Å². The van der Waals surface area contributed by atoms with E-state index in [1.165, 1.54) is 6.42 Å². The van der Waals surface area contributed by atoms with Crippen LogP contribution in [0.15, 0.2) is 27.3 Å². The molecule has 152 valence electrons. The summed E-state index contributed by atoms with van der Waals surface area (Å²) in [5.41, 5.74) is 1.67. The second-order valence-corrected chi connectivity index (χ2v) is 8.98. The molecule has 7 nitrogen and oxygen atoms in total. The Bertz CT molecular complexity index is 1040. The smallest absolute Gasteiger partial charge is 0.319 e. The van der Waals surface area contributed by atoms with Crippen molar-refractivity contribution in [3.05, 3.63) is 22.9 Å². The van der Waals surface area contributed by atoms with Gasteiger partial charge in [0.05, 0.1) is 17.2 Å². The Morgan fingerprint density at radius 1 is 1.24 bits per heavy atom. The van der Waals surface area contributed by atoms with Crippen molar-refractivity contribution in [2.45, 2.75) is 18.9 Å². The maximum atomic E-state index is 6.11. The molecule has 1 atom stereocenters. The summed E-state index contributed by atoms with van der Waals surface area (Å²) >= 11 is 3.66. The maximum Gasteiger partial charge on any atom is 0.319 e. The zero-order chi connectivity index (χ0) is 20.0. The molecule has 2 aromatic heterocycles. The van der Waals surface area contributed by atoms with Gasteiger partial charge in [-0.2, -0.15) is 9.97 Å². The van der Waals surface area contributed by atoms with Gasteiger partial charge >= 0.3 is 6.01 Å². The van der Waals surface area contributed by atoms with E-state index in [0.717, 1.165) is 71.3 Å². The zero-order valence-electron chi connectivity index (χ0n) is 16.9. The summed E-state index contributed by atoms with van der Waals surface area (Å²) in [6, 6.07) is 4.90. The Balaban J connectivity index is 1.57. The SMILES string of the molecule is BN1CCN(c2nc(OC[C@@H]3CCCN3C)nc3cc(Br)c4ccoc4c23)CC1. The molecule has 0 N–H and O–H groups in total. The Kier molecular flexibility index (Phi) is 5.13. The van der Waals surface area contributed by atoms with Crippen LogP contribution in [-0.4, -0.2) is 80.1 Å². The number of likely N-dealkylation sites (tertiary alicyclic amines) is 1. The highest BCUT2D eigenvalue weighted by molar-refractivity contribution is 9.10. The first-order valence-corrected chi connectivity index (χ1v) is 11.0. The standard InChI is InChI=1S/C20H25BBrN5O2/c1-25-5-2-3-13(25)12-29-20-23-16-11-15(22)14-4-10-28-18(14)17(16)19(24-20)26-6-8-27(21)9-7-26/h4,10-11,13H,2-3,5-9,12,21H2,1H3/t13-/m0/s1. The third kappa shape index (κ3) is 3.60. The first kappa shape index (κ1) is 19.1. The third-order valence-corrected chi connectivity index (χ3v) is 6.85. The fraction of sp³-hybridized carbons (Fsp3) is 0.500. The average molecular weight is 458 g/mol. The minimum absolute atomic E-state index is 0.431. The van der Waals surface area contributed by atoms with Crippen LogP contribution in [0.25, 0.3) is 21.9 Å². The molecular formula is C20H25BBrN5O2. The number of fused-ring (bicyclic) bond motifs is 3. The van der Waals surface area contributed by atoms with Gasteiger partial charge in [0.1, 0.15) is 18.0 Å². The number of hydrogen-bond donors (Lipinski definition) is 0. The Labute approximate surface area is 179 Å². The monoisotopic (exact) mass is 457 g/mol. The molecule has 0 amide bonds. The fourth-order valence-corrected chi connectivity index (χ4v) is 4.86. The van der Waals surface area contributed by atoms with Crippen LogP contribution in [0, 0.1) is 0 Å². The number of benzene rings is 1. The van der Waals surface area contributed by atoms with Gasteiger partial charge in [-0.15, -0.1) is 0 Å². The van der Waals surface area contributed by atoms with E-state index in [1.807, 2.05) is 12.1 Å². The molecule has 4 heterocycles. The molecule has 2 aliphatic heterocycles. The van der Waals surface area contributed by atoms with Crippen LogP contribution in [0.5, 0.6) is 6.01 Å². The molecule has 2 fully saturated rings. The van der Waals surface area contributed by atoms with Crippen molar-refractivity contribution in [2.24, 2.45) is 0 Å².